The molecule has 0 radical (unpaired) electrons. The van der Waals surface area contributed by atoms with Crippen LogP contribution in [0.5, 0.6) is 5.75 Å². The molecule has 0 saturated carbocycles. The Kier molecular flexibility index (Phi) is 3.46. The van der Waals surface area contributed by atoms with E-state index < -0.39 is 5.91 Å². The first-order valence-electron chi connectivity index (χ1n) is 6.74. The second kappa shape index (κ2) is 5.28. The van der Waals surface area contributed by atoms with Crippen molar-refractivity contribution in [2.45, 2.75) is 0 Å². The van der Waals surface area contributed by atoms with Crippen LogP contribution < -0.4 is 15.4 Å². The van der Waals surface area contributed by atoms with Crippen LogP contribution in [0.25, 0.3) is 0 Å². The van der Waals surface area contributed by atoms with E-state index in [0.717, 1.165) is 32.5 Å². The average Bonchev–Trinajstić information content (AvgIpc) is 2.38. The van der Waals surface area contributed by atoms with E-state index in [4.69, 9.17) is 10.5 Å². The van der Waals surface area contributed by atoms with Crippen LogP contribution >= 0.6 is 0 Å². The number of primary amides is 1. The molecule has 21 heavy (non-hydrogen) atoms. The average molecular weight is 291 g/mol. The SMILES string of the molecule is NC(=O)COc1cnc(N2CC3(CN(CC=O)C3)C2)nc1. The minimum atomic E-state index is -0.534. The lowest BCUT2D eigenvalue weighted by Gasteiger charge is -2.60. The molecule has 0 aromatic carbocycles. The highest BCUT2D eigenvalue weighted by Gasteiger charge is 2.52. The van der Waals surface area contributed by atoms with Crippen molar-refractivity contribution in [1.29, 1.82) is 0 Å². The maximum atomic E-state index is 10.6. The van der Waals surface area contributed by atoms with Gasteiger partial charge in [-0.25, -0.2) is 9.97 Å². The van der Waals surface area contributed by atoms with Crippen molar-refractivity contribution in [3.8, 4) is 5.75 Å². The molecule has 0 aliphatic carbocycles. The molecule has 3 rings (SSSR count). The lowest BCUT2D eigenvalue weighted by molar-refractivity contribution is -0.120. The fourth-order valence-corrected chi connectivity index (χ4v) is 2.94. The number of aromatic nitrogens is 2. The van der Waals surface area contributed by atoms with Crippen LogP contribution in [-0.4, -0.2) is 66.4 Å². The molecule has 8 heteroatoms. The first-order chi connectivity index (χ1) is 10.1. The number of anilines is 1. The predicted molar refractivity (Wildman–Crippen MR) is 73.9 cm³/mol. The third-order valence-electron chi connectivity index (χ3n) is 3.78. The van der Waals surface area contributed by atoms with Gasteiger partial charge in [-0.05, 0) is 0 Å². The quantitative estimate of drug-likeness (QED) is 0.647. The van der Waals surface area contributed by atoms with Crippen molar-refractivity contribution in [2.24, 2.45) is 11.1 Å². The normalized spacial score (nSPS) is 19.7. The fourth-order valence-electron chi connectivity index (χ4n) is 2.94. The number of hydrogen-bond acceptors (Lipinski definition) is 7. The Morgan fingerprint density at radius 1 is 1.33 bits per heavy atom. The zero-order valence-electron chi connectivity index (χ0n) is 11.6. The fraction of sp³-hybridized carbons (Fsp3) is 0.538. The van der Waals surface area contributed by atoms with Crippen molar-refractivity contribution < 1.29 is 14.3 Å². The largest absolute Gasteiger partial charge is 0.481 e. The summed E-state index contributed by atoms with van der Waals surface area (Å²) < 4.78 is 5.11. The van der Waals surface area contributed by atoms with E-state index in [9.17, 15) is 9.59 Å². The highest BCUT2D eigenvalue weighted by molar-refractivity contribution is 5.75. The number of aldehydes is 1. The number of ether oxygens (including phenoxy) is 1. The molecular weight excluding hydrogens is 274 g/mol. The smallest absolute Gasteiger partial charge is 0.255 e. The number of amides is 1. The number of nitrogens with two attached hydrogens (primary N) is 1. The van der Waals surface area contributed by atoms with Crippen molar-refractivity contribution in [3.05, 3.63) is 12.4 Å². The van der Waals surface area contributed by atoms with E-state index in [1.165, 1.54) is 12.4 Å². The Balaban J connectivity index is 1.49. The number of nitrogens with zero attached hydrogens (tertiary/aromatic N) is 4. The molecule has 1 amide bonds. The molecule has 1 aromatic heterocycles. The van der Waals surface area contributed by atoms with E-state index in [2.05, 4.69) is 19.8 Å². The van der Waals surface area contributed by atoms with Gasteiger partial charge in [-0.1, -0.05) is 0 Å². The molecule has 0 unspecified atom stereocenters. The van der Waals surface area contributed by atoms with Gasteiger partial charge in [-0.3, -0.25) is 9.69 Å². The molecule has 3 heterocycles. The molecule has 0 atom stereocenters. The summed E-state index contributed by atoms with van der Waals surface area (Å²) in [5.74, 6) is 0.545. The van der Waals surface area contributed by atoms with E-state index >= 15 is 0 Å². The minimum Gasteiger partial charge on any atom is -0.481 e. The van der Waals surface area contributed by atoms with Crippen LogP contribution in [0.4, 0.5) is 5.95 Å². The molecule has 1 aromatic rings. The number of carbonyl (C=O) groups excluding carboxylic acids is 2. The van der Waals surface area contributed by atoms with Gasteiger partial charge in [0, 0.05) is 31.6 Å². The first kappa shape index (κ1) is 13.7. The van der Waals surface area contributed by atoms with Gasteiger partial charge >= 0.3 is 0 Å². The summed E-state index contributed by atoms with van der Waals surface area (Å²) in [5, 5.41) is 0. The first-order valence-corrected chi connectivity index (χ1v) is 6.74. The van der Waals surface area contributed by atoms with Crippen molar-refractivity contribution in [1.82, 2.24) is 14.9 Å². The van der Waals surface area contributed by atoms with Gasteiger partial charge in [-0.2, -0.15) is 0 Å². The second-order valence-electron chi connectivity index (χ2n) is 5.67. The Bertz CT molecular complexity index is 533. The summed E-state index contributed by atoms with van der Waals surface area (Å²) in [6, 6.07) is 0. The molecule has 2 N–H and O–H groups in total. The van der Waals surface area contributed by atoms with Crippen molar-refractivity contribution >= 4 is 18.1 Å². The van der Waals surface area contributed by atoms with Crippen molar-refractivity contribution in [2.75, 3.05) is 44.2 Å². The lowest BCUT2D eigenvalue weighted by Crippen LogP contribution is -2.72. The Hall–Kier alpha value is -2.22. The van der Waals surface area contributed by atoms with Gasteiger partial charge in [0.15, 0.2) is 12.4 Å². The molecule has 2 aliphatic heterocycles. The Morgan fingerprint density at radius 3 is 2.57 bits per heavy atom. The third kappa shape index (κ3) is 2.80. The highest BCUT2D eigenvalue weighted by Crippen LogP contribution is 2.40. The second-order valence-corrected chi connectivity index (χ2v) is 5.67. The van der Waals surface area contributed by atoms with Crippen LogP contribution in [0.1, 0.15) is 0 Å². The topological polar surface area (TPSA) is 102 Å². The van der Waals surface area contributed by atoms with Crippen LogP contribution in [-0.2, 0) is 9.59 Å². The van der Waals surface area contributed by atoms with Gasteiger partial charge in [0.05, 0.1) is 18.9 Å². The van der Waals surface area contributed by atoms with Gasteiger partial charge in [-0.15, -0.1) is 0 Å². The highest BCUT2D eigenvalue weighted by atomic mass is 16.5. The predicted octanol–water partition coefficient (Wildman–Crippen LogP) is -1.34. The Labute approximate surface area is 121 Å². The van der Waals surface area contributed by atoms with E-state index in [0.29, 0.717) is 23.7 Å². The lowest BCUT2D eigenvalue weighted by atomic mass is 9.73. The summed E-state index contributed by atoms with van der Waals surface area (Å²) >= 11 is 0. The molecule has 1 spiro atoms. The maximum absolute atomic E-state index is 10.6. The maximum Gasteiger partial charge on any atom is 0.255 e. The summed E-state index contributed by atoms with van der Waals surface area (Å²) in [6.07, 6.45) is 4.02. The van der Waals surface area contributed by atoms with E-state index in [1.807, 2.05) is 0 Å². The number of hydrogen-bond donors (Lipinski definition) is 1. The minimum absolute atomic E-state index is 0.178. The number of carbonyl (C=O) groups is 2. The third-order valence-corrected chi connectivity index (χ3v) is 3.78. The van der Waals surface area contributed by atoms with Crippen molar-refractivity contribution in [3.63, 3.8) is 0 Å². The summed E-state index contributed by atoms with van der Waals surface area (Å²) in [4.78, 5) is 33.7. The monoisotopic (exact) mass is 291 g/mol. The zero-order valence-corrected chi connectivity index (χ0v) is 11.6. The molecule has 112 valence electrons. The molecule has 8 nitrogen and oxygen atoms in total. The van der Waals surface area contributed by atoms with E-state index in [1.54, 1.807) is 0 Å². The summed E-state index contributed by atoms with van der Waals surface area (Å²) in [7, 11) is 0. The van der Waals surface area contributed by atoms with Gasteiger partial charge in [0.25, 0.3) is 5.91 Å². The molecule has 2 fully saturated rings. The molecular formula is C13H17N5O3. The summed E-state index contributed by atoms with van der Waals surface area (Å²) in [6.45, 7) is 4.07. The van der Waals surface area contributed by atoms with Gasteiger partial charge in [0.2, 0.25) is 5.95 Å². The molecule has 2 saturated heterocycles. The van der Waals surface area contributed by atoms with Crippen LogP contribution in [0.3, 0.4) is 0 Å². The van der Waals surface area contributed by atoms with Gasteiger partial charge in [0.1, 0.15) is 6.29 Å². The van der Waals surface area contributed by atoms with Crippen LogP contribution in [0.15, 0.2) is 12.4 Å². The zero-order chi connectivity index (χ0) is 14.9. The van der Waals surface area contributed by atoms with Crippen LogP contribution in [0, 0.1) is 5.41 Å². The number of likely N-dealkylation sites (tertiary alicyclic amines) is 1. The van der Waals surface area contributed by atoms with E-state index in [-0.39, 0.29) is 6.61 Å². The van der Waals surface area contributed by atoms with Crippen LogP contribution in [0.2, 0.25) is 0 Å². The molecule has 2 aliphatic rings. The standard InChI is InChI=1S/C13H17N5O3/c14-11(20)5-21-10-3-15-12(16-4-10)18-8-13(9-18)6-17(7-13)1-2-19/h2-4H,1,5-9H2,(H2,14,20). The van der Waals surface area contributed by atoms with Gasteiger partial charge < -0.3 is 20.2 Å². The molecule has 0 bridgehead atoms. The Morgan fingerprint density at radius 2 is 2.00 bits per heavy atom. The number of rotatable bonds is 6. The summed E-state index contributed by atoms with van der Waals surface area (Å²) in [5.41, 5.74) is 5.29.